The largest absolute Gasteiger partial charge is 0.326 e. The molecule has 0 spiro atoms. The molecule has 1 aromatic rings. The van der Waals surface area contributed by atoms with Crippen molar-refractivity contribution in [2.24, 2.45) is 0 Å². The van der Waals surface area contributed by atoms with E-state index in [1.165, 1.54) is 0 Å². The van der Waals surface area contributed by atoms with Crippen LogP contribution in [0.25, 0.3) is 0 Å². The Morgan fingerprint density at radius 2 is 2.00 bits per heavy atom. The highest BCUT2D eigenvalue weighted by atomic mass is 79.9. The van der Waals surface area contributed by atoms with E-state index in [4.69, 9.17) is 0 Å². The summed E-state index contributed by atoms with van der Waals surface area (Å²) in [6.07, 6.45) is 2.57. The van der Waals surface area contributed by atoms with Crippen LogP contribution in [0.5, 0.6) is 0 Å². The third kappa shape index (κ3) is 7.97. The Morgan fingerprint density at radius 3 is 2.59 bits per heavy atom. The zero-order valence-electron chi connectivity index (χ0n) is 10.9. The molecule has 0 fully saturated rings. The van der Waals surface area contributed by atoms with Crippen LogP contribution in [0.2, 0.25) is 0 Å². The van der Waals surface area contributed by atoms with Crippen molar-refractivity contribution in [2.45, 2.75) is 40.0 Å². The molecule has 0 atom stereocenters. The van der Waals surface area contributed by atoms with Crippen molar-refractivity contribution in [3.05, 3.63) is 29.8 Å². The molecule has 1 amide bonds. The van der Waals surface area contributed by atoms with Gasteiger partial charge in [0.25, 0.3) is 0 Å². The lowest BCUT2D eigenvalue weighted by atomic mass is 10.2. The molecule has 3 heteroatoms. The number of halogens is 1. The molecule has 0 aliphatic heterocycles. The van der Waals surface area contributed by atoms with Crippen molar-refractivity contribution in [3.63, 3.8) is 0 Å². The molecule has 0 aliphatic rings. The summed E-state index contributed by atoms with van der Waals surface area (Å²) >= 11 is 3.34. The van der Waals surface area contributed by atoms with E-state index >= 15 is 0 Å². The van der Waals surface area contributed by atoms with Crippen molar-refractivity contribution in [3.8, 4) is 0 Å². The highest BCUT2D eigenvalue weighted by Gasteiger charge is 2.01. The smallest absolute Gasteiger partial charge is 0.224 e. The van der Waals surface area contributed by atoms with Gasteiger partial charge in [0, 0.05) is 17.4 Å². The second kappa shape index (κ2) is 10.3. The standard InChI is InChI=1S/C12H16BrNO.C2H6/c1-10-5-4-6-11(9-10)14-12(15)7-2-3-8-13;1-2/h4-6,9H,2-3,7-8H2,1H3,(H,14,15);1-2H3. The van der Waals surface area contributed by atoms with Crippen LogP contribution in [0.4, 0.5) is 5.69 Å². The number of amides is 1. The van der Waals surface area contributed by atoms with E-state index in [-0.39, 0.29) is 5.91 Å². The molecule has 1 N–H and O–H groups in total. The van der Waals surface area contributed by atoms with Gasteiger partial charge in [-0.1, -0.05) is 41.9 Å². The van der Waals surface area contributed by atoms with Gasteiger partial charge < -0.3 is 5.32 Å². The molecule has 0 unspecified atom stereocenters. The molecule has 0 aliphatic carbocycles. The summed E-state index contributed by atoms with van der Waals surface area (Å²) in [4.78, 5) is 11.5. The number of anilines is 1. The first kappa shape index (κ1) is 16.2. The SMILES string of the molecule is CC.Cc1cccc(NC(=O)CCCCBr)c1. The lowest BCUT2D eigenvalue weighted by Gasteiger charge is -2.05. The fourth-order valence-corrected chi connectivity index (χ4v) is 1.72. The maximum Gasteiger partial charge on any atom is 0.224 e. The Bertz CT molecular complexity index is 326. The molecular weight excluding hydrogens is 278 g/mol. The number of hydrogen-bond acceptors (Lipinski definition) is 1. The highest BCUT2D eigenvalue weighted by molar-refractivity contribution is 9.09. The minimum absolute atomic E-state index is 0.0987. The number of carbonyl (C=O) groups excluding carboxylic acids is 1. The molecule has 0 aromatic heterocycles. The Morgan fingerprint density at radius 1 is 1.29 bits per heavy atom. The number of carbonyl (C=O) groups is 1. The topological polar surface area (TPSA) is 29.1 Å². The Hall–Kier alpha value is -0.830. The van der Waals surface area contributed by atoms with Gasteiger partial charge in [0.15, 0.2) is 0 Å². The zero-order valence-corrected chi connectivity index (χ0v) is 12.5. The van der Waals surface area contributed by atoms with Crippen molar-refractivity contribution in [2.75, 3.05) is 10.6 Å². The molecule has 0 radical (unpaired) electrons. The van der Waals surface area contributed by atoms with E-state index in [1.807, 2.05) is 45.0 Å². The average molecular weight is 300 g/mol. The van der Waals surface area contributed by atoms with Gasteiger partial charge in [-0.15, -0.1) is 0 Å². The van der Waals surface area contributed by atoms with Crippen molar-refractivity contribution in [1.82, 2.24) is 0 Å². The lowest BCUT2D eigenvalue weighted by Crippen LogP contribution is -2.11. The fourth-order valence-electron chi connectivity index (χ4n) is 1.33. The molecule has 0 bridgehead atoms. The molecular formula is C14H22BrNO. The van der Waals surface area contributed by atoms with Gasteiger partial charge in [-0.25, -0.2) is 0 Å². The predicted octanol–water partition coefficient (Wildman–Crippen LogP) is 4.52. The Balaban J connectivity index is 0.00000121. The van der Waals surface area contributed by atoms with Gasteiger partial charge in [-0.2, -0.15) is 0 Å². The average Bonchev–Trinajstić information content (AvgIpc) is 2.32. The second-order valence-corrected chi connectivity index (χ2v) is 4.36. The van der Waals surface area contributed by atoms with Crippen LogP contribution in [-0.2, 0) is 4.79 Å². The van der Waals surface area contributed by atoms with Crippen LogP contribution >= 0.6 is 15.9 Å². The number of benzene rings is 1. The predicted molar refractivity (Wildman–Crippen MR) is 78.8 cm³/mol. The molecule has 0 saturated carbocycles. The van der Waals surface area contributed by atoms with Gasteiger partial charge >= 0.3 is 0 Å². The molecule has 17 heavy (non-hydrogen) atoms. The summed E-state index contributed by atoms with van der Waals surface area (Å²) in [6.45, 7) is 6.01. The van der Waals surface area contributed by atoms with Crippen LogP contribution in [0.3, 0.4) is 0 Å². The van der Waals surface area contributed by atoms with E-state index in [9.17, 15) is 4.79 Å². The fraction of sp³-hybridized carbons (Fsp3) is 0.500. The first-order valence-corrected chi connectivity index (χ1v) is 7.27. The van der Waals surface area contributed by atoms with E-state index in [0.717, 1.165) is 29.4 Å². The van der Waals surface area contributed by atoms with Crippen LogP contribution < -0.4 is 5.32 Å². The van der Waals surface area contributed by atoms with Crippen molar-refractivity contribution >= 4 is 27.5 Å². The van der Waals surface area contributed by atoms with E-state index in [1.54, 1.807) is 0 Å². The van der Waals surface area contributed by atoms with Gasteiger partial charge in [-0.05, 0) is 37.5 Å². The number of hydrogen-bond donors (Lipinski definition) is 1. The quantitative estimate of drug-likeness (QED) is 0.628. The summed E-state index contributed by atoms with van der Waals surface area (Å²) in [6, 6.07) is 7.85. The summed E-state index contributed by atoms with van der Waals surface area (Å²) in [5.41, 5.74) is 2.05. The summed E-state index contributed by atoms with van der Waals surface area (Å²) < 4.78 is 0. The summed E-state index contributed by atoms with van der Waals surface area (Å²) in [7, 11) is 0. The summed E-state index contributed by atoms with van der Waals surface area (Å²) in [5, 5.41) is 3.85. The molecule has 2 nitrogen and oxygen atoms in total. The van der Waals surface area contributed by atoms with Gasteiger partial charge in [0.05, 0.1) is 0 Å². The van der Waals surface area contributed by atoms with E-state index < -0.39 is 0 Å². The number of unbranched alkanes of at least 4 members (excludes halogenated alkanes) is 1. The number of nitrogens with one attached hydrogen (secondary N) is 1. The third-order valence-corrected chi connectivity index (χ3v) is 2.65. The van der Waals surface area contributed by atoms with E-state index in [0.29, 0.717) is 6.42 Å². The third-order valence-electron chi connectivity index (χ3n) is 2.09. The van der Waals surface area contributed by atoms with Crippen molar-refractivity contribution < 1.29 is 4.79 Å². The zero-order chi connectivity index (χ0) is 13.1. The minimum atomic E-state index is 0.0987. The number of aryl methyl sites for hydroxylation is 1. The van der Waals surface area contributed by atoms with E-state index in [2.05, 4.69) is 21.2 Å². The second-order valence-electron chi connectivity index (χ2n) is 3.56. The van der Waals surface area contributed by atoms with Crippen LogP contribution in [0.1, 0.15) is 38.7 Å². The number of alkyl halides is 1. The molecule has 1 aromatic carbocycles. The minimum Gasteiger partial charge on any atom is -0.326 e. The molecule has 0 heterocycles. The Labute approximate surface area is 113 Å². The lowest BCUT2D eigenvalue weighted by molar-refractivity contribution is -0.116. The van der Waals surface area contributed by atoms with Crippen LogP contribution in [-0.4, -0.2) is 11.2 Å². The first-order valence-electron chi connectivity index (χ1n) is 6.15. The van der Waals surface area contributed by atoms with Gasteiger partial charge in [0.1, 0.15) is 0 Å². The van der Waals surface area contributed by atoms with Crippen molar-refractivity contribution in [1.29, 1.82) is 0 Å². The molecule has 1 rings (SSSR count). The normalized spacial score (nSPS) is 9.18. The summed E-state index contributed by atoms with van der Waals surface area (Å²) in [5.74, 6) is 0.0987. The maximum atomic E-state index is 11.5. The van der Waals surface area contributed by atoms with Gasteiger partial charge in [-0.3, -0.25) is 4.79 Å². The van der Waals surface area contributed by atoms with Crippen LogP contribution in [0, 0.1) is 6.92 Å². The van der Waals surface area contributed by atoms with Crippen LogP contribution in [0.15, 0.2) is 24.3 Å². The molecule has 0 saturated heterocycles. The Kier molecular flexibility index (Phi) is 9.83. The maximum absolute atomic E-state index is 11.5. The number of rotatable bonds is 5. The monoisotopic (exact) mass is 299 g/mol. The van der Waals surface area contributed by atoms with Gasteiger partial charge in [0.2, 0.25) is 5.91 Å². The molecule has 96 valence electrons. The first-order chi connectivity index (χ1) is 8.22. The highest BCUT2D eigenvalue weighted by Crippen LogP contribution is 2.10.